The summed E-state index contributed by atoms with van der Waals surface area (Å²) >= 11 is 12.3. The number of hydrogen-bond acceptors (Lipinski definition) is 7. The number of rotatable bonds is 4. The van der Waals surface area contributed by atoms with Gasteiger partial charge in [0.05, 0.1) is 21.9 Å². The average molecular weight is 382 g/mol. The molecule has 0 radical (unpaired) electrons. The molecule has 24 heavy (non-hydrogen) atoms. The van der Waals surface area contributed by atoms with Gasteiger partial charge in [-0.25, -0.2) is 0 Å². The number of hydrazone groups is 1. The van der Waals surface area contributed by atoms with Crippen molar-refractivity contribution >= 4 is 57.7 Å². The minimum absolute atomic E-state index is 0.0916. The molecular weight excluding hydrogens is 374 g/mol. The number of amides is 1. The standard InChI is InChI=1S/C14H8ClN3O4S2/c15-11-3-1-8(18(20)21)5-10(11)12-4-2-9(22-12)6-16-17-13(19)7-24-14(17)23/h1-6H,7H2/b16-6+. The number of nitro benzene ring substituents is 1. The second-order valence-corrected chi connectivity index (χ2v) is 6.64. The van der Waals surface area contributed by atoms with Crippen molar-refractivity contribution in [3.63, 3.8) is 0 Å². The van der Waals surface area contributed by atoms with E-state index in [0.717, 1.165) is 5.01 Å². The molecule has 1 aliphatic rings. The Hall–Kier alpha value is -2.23. The number of thiocarbonyl (C=S) groups is 1. The Morgan fingerprint density at radius 2 is 2.21 bits per heavy atom. The predicted molar refractivity (Wildman–Crippen MR) is 95.3 cm³/mol. The smallest absolute Gasteiger partial charge is 0.270 e. The first-order chi connectivity index (χ1) is 11.5. The Kier molecular flexibility index (Phi) is 4.65. The molecule has 0 spiro atoms. The fourth-order valence-corrected chi connectivity index (χ4v) is 3.13. The van der Waals surface area contributed by atoms with Crippen LogP contribution in [0, 0.1) is 10.1 Å². The molecule has 0 unspecified atom stereocenters. The highest BCUT2D eigenvalue weighted by Gasteiger charge is 2.26. The van der Waals surface area contributed by atoms with E-state index in [1.807, 2.05) is 0 Å². The third-order valence-electron chi connectivity index (χ3n) is 3.08. The highest BCUT2D eigenvalue weighted by Crippen LogP contribution is 2.32. The van der Waals surface area contributed by atoms with Gasteiger partial charge in [-0.3, -0.25) is 14.9 Å². The number of carbonyl (C=O) groups is 1. The Bertz CT molecular complexity index is 865. The van der Waals surface area contributed by atoms with Crippen molar-refractivity contribution in [3.05, 3.63) is 51.2 Å². The number of halogens is 1. The quantitative estimate of drug-likeness (QED) is 0.347. The van der Waals surface area contributed by atoms with Gasteiger partial charge in [0.15, 0.2) is 4.32 Å². The number of hydrogen-bond donors (Lipinski definition) is 0. The maximum absolute atomic E-state index is 11.6. The van der Waals surface area contributed by atoms with Crippen LogP contribution in [0.15, 0.2) is 39.9 Å². The van der Waals surface area contributed by atoms with Crippen molar-refractivity contribution in [1.29, 1.82) is 0 Å². The minimum Gasteiger partial charge on any atom is -0.455 e. The summed E-state index contributed by atoms with van der Waals surface area (Å²) in [7, 11) is 0. The monoisotopic (exact) mass is 381 g/mol. The van der Waals surface area contributed by atoms with Gasteiger partial charge in [0, 0.05) is 17.7 Å². The van der Waals surface area contributed by atoms with E-state index >= 15 is 0 Å². The Labute approximate surface area is 150 Å². The molecule has 0 aliphatic carbocycles. The van der Waals surface area contributed by atoms with Crippen molar-refractivity contribution in [2.75, 3.05) is 5.75 Å². The molecule has 7 nitrogen and oxygen atoms in total. The second kappa shape index (κ2) is 6.71. The molecule has 1 saturated heterocycles. The summed E-state index contributed by atoms with van der Waals surface area (Å²) in [6.45, 7) is 0. The third kappa shape index (κ3) is 3.32. The zero-order chi connectivity index (χ0) is 17.3. The maximum atomic E-state index is 11.6. The lowest BCUT2D eigenvalue weighted by atomic mass is 10.1. The zero-order valence-corrected chi connectivity index (χ0v) is 14.2. The molecule has 2 heterocycles. The van der Waals surface area contributed by atoms with Crippen LogP contribution in [0.3, 0.4) is 0 Å². The number of carbonyl (C=O) groups excluding carboxylic acids is 1. The fraction of sp³-hybridized carbons (Fsp3) is 0.0714. The molecular formula is C14H8ClN3O4S2. The largest absolute Gasteiger partial charge is 0.455 e. The molecule has 0 N–H and O–H groups in total. The normalized spacial score (nSPS) is 14.8. The van der Waals surface area contributed by atoms with E-state index in [1.54, 1.807) is 12.1 Å². The summed E-state index contributed by atoms with van der Waals surface area (Å²) in [5.74, 6) is 0.785. The van der Waals surface area contributed by atoms with Gasteiger partial charge in [-0.2, -0.15) is 10.1 Å². The van der Waals surface area contributed by atoms with Crippen LogP contribution in [-0.4, -0.2) is 32.1 Å². The molecule has 1 fully saturated rings. The van der Waals surface area contributed by atoms with Crippen LogP contribution in [-0.2, 0) is 4.79 Å². The molecule has 10 heteroatoms. The Balaban J connectivity index is 1.86. The van der Waals surface area contributed by atoms with E-state index in [1.165, 1.54) is 36.2 Å². The molecule has 1 aromatic carbocycles. The van der Waals surface area contributed by atoms with Gasteiger partial charge in [0.2, 0.25) is 0 Å². The van der Waals surface area contributed by atoms with Gasteiger partial charge in [-0.15, -0.1) is 0 Å². The molecule has 0 atom stereocenters. The summed E-state index contributed by atoms with van der Waals surface area (Å²) in [5.41, 5.74) is 0.305. The van der Waals surface area contributed by atoms with Crippen LogP contribution in [0.1, 0.15) is 5.76 Å². The molecule has 1 aliphatic heterocycles. The minimum atomic E-state index is -0.511. The first-order valence-corrected chi connectivity index (χ1v) is 8.31. The number of furan rings is 1. The summed E-state index contributed by atoms with van der Waals surface area (Å²) in [4.78, 5) is 21.9. The fourth-order valence-electron chi connectivity index (χ4n) is 1.96. The van der Waals surface area contributed by atoms with Crippen LogP contribution in [0.2, 0.25) is 5.02 Å². The van der Waals surface area contributed by atoms with Crippen LogP contribution < -0.4 is 0 Å². The van der Waals surface area contributed by atoms with Gasteiger partial charge in [0.25, 0.3) is 11.6 Å². The molecule has 1 amide bonds. The van der Waals surface area contributed by atoms with Crippen molar-refractivity contribution in [2.24, 2.45) is 5.10 Å². The summed E-state index contributed by atoms with van der Waals surface area (Å²) in [5, 5.41) is 16.3. The van der Waals surface area contributed by atoms with E-state index < -0.39 is 4.92 Å². The summed E-state index contributed by atoms with van der Waals surface area (Å²) in [6, 6.07) is 7.31. The zero-order valence-electron chi connectivity index (χ0n) is 11.8. The maximum Gasteiger partial charge on any atom is 0.270 e. The second-order valence-electron chi connectivity index (χ2n) is 4.63. The number of nitro groups is 1. The van der Waals surface area contributed by atoms with Gasteiger partial charge in [0.1, 0.15) is 11.5 Å². The van der Waals surface area contributed by atoms with E-state index in [-0.39, 0.29) is 17.3 Å². The van der Waals surface area contributed by atoms with E-state index in [9.17, 15) is 14.9 Å². The van der Waals surface area contributed by atoms with E-state index in [2.05, 4.69) is 5.10 Å². The SMILES string of the molecule is O=C1CSC(=S)N1/N=C/c1ccc(-c2cc([N+](=O)[O-])ccc2Cl)o1. The lowest BCUT2D eigenvalue weighted by Gasteiger charge is -2.05. The molecule has 3 rings (SSSR count). The van der Waals surface area contributed by atoms with E-state index in [0.29, 0.717) is 26.4 Å². The average Bonchev–Trinajstić information content (AvgIpc) is 3.13. The first-order valence-electron chi connectivity index (χ1n) is 6.53. The highest BCUT2D eigenvalue weighted by molar-refractivity contribution is 8.23. The van der Waals surface area contributed by atoms with Crippen LogP contribution in [0.25, 0.3) is 11.3 Å². The number of benzene rings is 1. The van der Waals surface area contributed by atoms with Crippen molar-refractivity contribution < 1.29 is 14.1 Å². The highest BCUT2D eigenvalue weighted by atomic mass is 35.5. The molecule has 0 bridgehead atoms. The predicted octanol–water partition coefficient (Wildman–Crippen LogP) is 3.70. The van der Waals surface area contributed by atoms with Crippen molar-refractivity contribution in [3.8, 4) is 11.3 Å². The Morgan fingerprint density at radius 3 is 2.88 bits per heavy atom. The third-order valence-corrected chi connectivity index (χ3v) is 4.75. The summed E-state index contributed by atoms with van der Waals surface area (Å²) < 4.78 is 5.95. The van der Waals surface area contributed by atoms with Crippen molar-refractivity contribution in [1.82, 2.24) is 5.01 Å². The molecule has 122 valence electrons. The lowest BCUT2D eigenvalue weighted by Crippen LogP contribution is -2.22. The van der Waals surface area contributed by atoms with Gasteiger partial charge in [-0.05, 0) is 18.2 Å². The lowest BCUT2D eigenvalue weighted by molar-refractivity contribution is -0.384. The first kappa shape index (κ1) is 16.6. The number of non-ortho nitro benzene ring substituents is 1. The molecule has 2 aromatic rings. The molecule has 1 aromatic heterocycles. The Morgan fingerprint density at radius 1 is 1.42 bits per heavy atom. The van der Waals surface area contributed by atoms with Crippen molar-refractivity contribution in [2.45, 2.75) is 0 Å². The number of nitrogens with zero attached hydrogens (tertiary/aromatic N) is 3. The van der Waals surface area contributed by atoms with Gasteiger partial charge in [-0.1, -0.05) is 35.6 Å². The molecule has 0 saturated carbocycles. The van der Waals surface area contributed by atoms with E-state index in [4.69, 9.17) is 28.2 Å². The summed E-state index contributed by atoms with van der Waals surface area (Å²) in [6.07, 6.45) is 1.35. The van der Waals surface area contributed by atoms with Gasteiger partial charge >= 0.3 is 0 Å². The topological polar surface area (TPSA) is 89.0 Å². The number of thioether (sulfide) groups is 1. The van der Waals surface area contributed by atoms with Crippen LogP contribution in [0.5, 0.6) is 0 Å². The van der Waals surface area contributed by atoms with Gasteiger partial charge < -0.3 is 4.42 Å². The van der Waals surface area contributed by atoms with Crippen LogP contribution >= 0.6 is 35.6 Å². The van der Waals surface area contributed by atoms with Crippen LogP contribution in [0.4, 0.5) is 5.69 Å².